The van der Waals surface area contributed by atoms with Crippen molar-refractivity contribution in [3.63, 3.8) is 0 Å². The number of aryl methyl sites for hydroxylation is 2. The summed E-state index contributed by atoms with van der Waals surface area (Å²) in [5.41, 5.74) is 4.30. The largest absolute Gasteiger partial charge is 0.383 e. The molecule has 1 N–H and O–H groups in total. The molecule has 28 heavy (non-hydrogen) atoms. The molecule has 156 valence electrons. The first-order chi connectivity index (χ1) is 13.6. The van der Waals surface area contributed by atoms with E-state index in [4.69, 9.17) is 4.74 Å². The molecule has 1 unspecified atom stereocenters. The highest BCUT2D eigenvalue weighted by atomic mass is 16.5. The summed E-state index contributed by atoms with van der Waals surface area (Å²) in [5, 5.41) is 3.02. The van der Waals surface area contributed by atoms with Crippen LogP contribution in [-0.4, -0.2) is 68.2 Å². The third-order valence-electron chi connectivity index (χ3n) is 6.53. The molecular weight excluding hydrogens is 350 g/mol. The SMILES string of the molecule is COCCNC(=O)C1CCCN(C2CCN(Cc3c(C)cccc3C)CC2)C1. The minimum absolute atomic E-state index is 0.137. The van der Waals surface area contributed by atoms with Gasteiger partial charge in [-0.05, 0) is 75.9 Å². The average molecular weight is 388 g/mol. The minimum atomic E-state index is 0.137. The first-order valence-corrected chi connectivity index (χ1v) is 10.9. The Labute approximate surface area is 170 Å². The lowest BCUT2D eigenvalue weighted by Gasteiger charge is -2.42. The smallest absolute Gasteiger partial charge is 0.224 e. The fourth-order valence-corrected chi connectivity index (χ4v) is 4.74. The van der Waals surface area contributed by atoms with Gasteiger partial charge in [-0.25, -0.2) is 0 Å². The summed E-state index contributed by atoms with van der Waals surface area (Å²) in [6, 6.07) is 7.23. The van der Waals surface area contributed by atoms with Crippen LogP contribution in [0.1, 0.15) is 42.4 Å². The zero-order valence-electron chi connectivity index (χ0n) is 17.9. The standard InChI is InChI=1S/C23H37N3O2/c1-18-6-4-7-19(2)22(18)17-25-13-9-21(10-14-25)26-12-5-8-20(16-26)23(27)24-11-15-28-3/h4,6-7,20-21H,5,8-17H2,1-3H3,(H,24,27). The van der Waals surface area contributed by atoms with Gasteiger partial charge in [0.15, 0.2) is 0 Å². The Bertz CT molecular complexity index is 620. The van der Waals surface area contributed by atoms with E-state index >= 15 is 0 Å². The Kier molecular flexibility index (Phi) is 7.89. The first kappa shape index (κ1) is 21.3. The van der Waals surface area contributed by atoms with Crippen molar-refractivity contribution >= 4 is 5.91 Å². The van der Waals surface area contributed by atoms with Gasteiger partial charge in [0.2, 0.25) is 5.91 Å². The zero-order valence-corrected chi connectivity index (χ0v) is 17.9. The van der Waals surface area contributed by atoms with Crippen molar-refractivity contribution in [1.29, 1.82) is 0 Å². The van der Waals surface area contributed by atoms with Gasteiger partial charge in [0.25, 0.3) is 0 Å². The second kappa shape index (κ2) is 10.4. The maximum absolute atomic E-state index is 12.4. The minimum Gasteiger partial charge on any atom is -0.383 e. The number of ether oxygens (including phenoxy) is 1. The second-order valence-corrected chi connectivity index (χ2v) is 8.50. The molecule has 0 saturated carbocycles. The van der Waals surface area contributed by atoms with Crippen molar-refractivity contribution in [2.45, 2.75) is 52.1 Å². The van der Waals surface area contributed by atoms with E-state index in [0.29, 0.717) is 19.2 Å². The van der Waals surface area contributed by atoms with Gasteiger partial charge in [-0.15, -0.1) is 0 Å². The van der Waals surface area contributed by atoms with Crippen LogP contribution >= 0.6 is 0 Å². The van der Waals surface area contributed by atoms with Crippen LogP contribution in [0, 0.1) is 19.8 Å². The third kappa shape index (κ3) is 5.56. The van der Waals surface area contributed by atoms with E-state index in [1.54, 1.807) is 7.11 Å². The van der Waals surface area contributed by atoms with Crippen LogP contribution in [0.5, 0.6) is 0 Å². The van der Waals surface area contributed by atoms with Crippen molar-refractivity contribution in [3.05, 3.63) is 34.9 Å². The second-order valence-electron chi connectivity index (χ2n) is 8.50. The molecule has 1 aromatic carbocycles. The van der Waals surface area contributed by atoms with E-state index in [-0.39, 0.29) is 11.8 Å². The maximum atomic E-state index is 12.4. The number of amides is 1. The molecule has 1 atom stereocenters. The highest BCUT2D eigenvalue weighted by molar-refractivity contribution is 5.78. The first-order valence-electron chi connectivity index (χ1n) is 10.9. The van der Waals surface area contributed by atoms with Crippen molar-refractivity contribution in [3.8, 4) is 0 Å². The van der Waals surface area contributed by atoms with Crippen LogP contribution in [0.4, 0.5) is 0 Å². The molecular formula is C23H37N3O2. The molecule has 2 aliphatic heterocycles. The lowest BCUT2D eigenvalue weighted by Crippen LogP contribution is -2.50. The van der Waals surface area contributed by atoms with E-state index in [1.807, 2.05) is 0 Å². The zero-order chi connectivity index (χ0) is 19.9. The number of nitrogens with one attached hydrogen (secondary N) is 1. The van der Waals surface area contributed by atoms with Gasteiger partial charge in [-0.2, -0.15) is 0 Å². The lowest BCUT2D eigenvalue weighted by atomic mass is 9.93. The van der Waals surface area contributed by atoms with Crippen LogP contribution in [0.25, 0.3) is 0 Å². The van der Waals surface area contributed by atoms with Gasteiger partial charge < -0.3 is 10.1 Å². The van der Waals surface area contributed by atoms with Crippen molar-refractivity contribution < 1.29 is 9.53 Å². The number of carbonyl (C=O) groups excluding carboxylic acids is 1. The Hall–Kier alpha value is -1.43. The molecule has 5 nitrogen and oxygen atoms in total. The van der Waals surface area contributed by atoms with Gasteiger partial charge in [-0.1, -0.05) is 18.2 Å². The van der Waals surface area contributed by atoms with E-state index in [9.17, 15) is 4.79 Å². The monoisotopic (exact) mass is 387 g/mol. The number of hydrogen-bond acceptors (Lipinski definition) is 4. The number of hydrogen-bond donors (Lipinski definition) is 1. The third-order valence-corrected chi connectivity index (χ3v) is 6.53. The fourth-order valence-electron chi connectivity index (χ4n) is 4.74. The van der Waals surface area contributed by atoms with E-state index in [0.717, 1.165) is 45.6 Å². The van der Waals surface area contributed by atoms with E-state index in [1.165, 1.54) is 29.5 Å². The molecule has 0 aliphatic carbocycles. The molecule has 2 saturated heterocycles. The van der Waals surface area contributed by atoms with Gasteiger partial charge in [0, 0.05) is 32.8 Å². The topological polar surface area (TPSA) is 44.8 Å². The van der Waals surface area contributed by atoms with Gasteiger partial charge >= 0.3 is 0 Å². The van der Waals surface area contributed by atoms with Crippen molar-refractivity contribution in [1.82, 2.24) is 15.1 Å². The molecule has 2 aliphatic rings. The predicted molar refractivity (Wildman–Crippen MR) is 113 cm³/mol. The van der Waals surface area contributed by atoms with E-state index in [2.05, 4.69) is 47.2 Å². The summed E-state index contributed by atoms with van der Waals surface area (Å²) < 4.78 is 5.03. The van der Waals surface area contributed by atoms with Crippen LogP contribution in [0.2, 0.25) is 0 Å². The van der Waals surface area contributed by atoms with E-state index < -0.39 is 0 Å². The number of benzene rings is 1. The Morgan fingerprint density at radius 1 is 1.14 bits per heavy atom. The number of nitrogens with zero attached hydrogens (tertiary/aromatic N) is 2. The Morgan fingerprint density at radius 3 is 2.54 bits per heavy atom. The summed E-state index contributed by atoms with van der Waals surface area (Å²) in [6.07, 6.45) is 4.57. The number of rotatable bonds is 7. The molecule has 1 amide bonds. The summed E-state index contributed by atoms with van der Waals surface area (Å²) in [5.74, 6) is 0.340. The number of likely N-dealkylation sites (tertiary alicyclic amines) is 2. The fraction of sp³-hybridized carbons (Fsp3) is 0.696. The normalized spacial score (nSPS) is 22.3. The number of methoxy groups -OCH3 is 1. The molecule has 3 rings (SSSR count). The highest BCUT2D eigenvalue weighted by Crippen LogP contribution is 2.25. The molecule has 5 heteroatoms. The molecule has 2 fully saturated rings. The van der Waals surface area contributed by atoms with Gasteiger partial charge in [0.1, 0.15) is 0 Å². The Morgan fingerprint density at radius 2 is 1.86 bits per heavy atom. The molecule has 2 heterocycles. The number of carbonyl (C=O) groups is 1. The quantitative estimate of drug-likeness (QED) is 0.731. The summed E-state index contributed by atoms with van der Waals surface area (Å²) >= 11 is 0. The van der Waals surface area contributed by atoms with Crippen LogP contribution in [0.15, 0.2) is 18.2 Å². The molecule has 1 aromatic rings. The molecule has 0 bridgehead atoms. The van der Waals surface area contributed by atoms with Crippen LogP contribution in [0.3, 0.4) is 0 Å². The summed E-state index contributed by atoms with van der Waals surface area (Å²) in [4.78, 5) is 17.6. The summed E-state index contributed by atoms with van der Waals surface area (Å²) in [7, 11) is 1.67. The summed E-state index contributed by atoms with van der Waals surface area (Å²) in [6.45, 7) is 11.1. The molecule has 0 aromatic heterocycles. The van der Waals surface area contributed by atoms with Crippen LogP contribution < -0.4 is 5.32 Å². The van der Waals surface area contributed by atoms with Crippen LogP contribution in [-0.2, 0) is 16.1 Å². The van der Waals surface area contributed by atoms with Crippen molar-refractivity contribution in [2.75, 3.05) is 46.4 Å². The van der Waals surface area contributed by atoms with Gasteiger partial charge in [0.05, 0.1) is 12.5 Å². The highest BCUT2D eigenvalue weighted by Gasteiger charge is 2.31. The molecule has 0 spiro atoms. The number of piperidine rings is 2. The average Bonchev–Trinajstić information content (AvgIpc) is 2.71. The van der Waals surface area contributed by atoms with Crippen molar-refractivity contribution in [2.24, 2.45) is 5.92 Å². The van der Waals surface area contributed by atoms with Gasteiger partial charge in [-0.3, -0.25) is 14.6 Å². The Balaban J connectivity index is 1.47. The molecule has 0 radical (unpaired) electrons. The maximum Gasteiger partial charge on any atom is 0.224 e. The predicted octanol–water partition coefficient (Wildman–Crippen LogP) is 2.74. The lowest BCUT2D eigenvalue weighted by molar-refractivity contribution is -0.127.